The number of oxime groups is 1. The van der Waals surface area contributed by atoms with Gasteiger partial charge in [0.25, 0.3) is 5.91 Å². The van der Waals surface area contributed by atoms with Crippen molar-refractivity contribution >= 4 is 11.7 Å². The average Bonchev–Trinajstić information content (AvgIpc) is 2.43. The van der Waals surface area contributed by atoms with E-state index in [1.54, 1.807) is 24.3 Å². The lowest BCUT2D eigenvalue weighted by molar-refractivity contribution is 0.0924. The summed E-state index contributed by atoms with van der Waals surface area (Å²) in [6.45, 7) is 6.18. The zero-order chi connectivity index (χ0) is 14.4. The lowest BCUT2D eigenvalue weighted by atomic mass is 10.0. The second kappa shape index (κ2) is 6.78. The van der Waals surface area contributed by atoms with Crippen molar-refractivity contribution in [1.29, 1.82) is 0 Å². The van der Waals surface area contributed by atoms with E-state index >= 15 is 0 Å². The maximum Gasteiger partial charge on any atom is 0.251 e. The minimum atomic E-state index is -0.145. The molecule has 0 spiro atoms. The van der Waals surface area contributed by atoms with Gasteiger partial charge in [-0.05, 0) is 24.5 Å². The Morgan fingerprint density at radius 3 is 2.58 bits per heavy atom. The highest BCUT2D eigenvalue weighted by atomic mass is 16.4. The molecule has 0 heterocycles. The number of nitrogens with zero attached hydrogens (tertiary/aromatic N) is 1. The van der Waals surface area contributed by atoms with Gasteiger partial charge >= 0.3 is 0 Å². The van der Waals surface area contributed by atoms with Gasteiger partial charge in [0.15, 0.2) is 5.84 Å². The summed E-state index contributed by atoms with van der Waals surface area (Å²) >= 11 is 0. The van der Waals surface area contributed by atoms with Crippen LogP contribution in [0, 0.1) is 5.92 Å². The maximum atomic E-state index is 12.1. The van der Waals surface area contributed by atoms with Crippen LogP contribution in [0.15, 0.2) is 29.4 Å². The van der Waals surface area contributed by atoms with Crippen molar-refractivity contribution in [1.82, 2.24) is 5.32 Å². The van der Waals surface area contributed by atoms with E-state index in [-0.39, 0.29) is 17.8 Å². The van der Waals surface area contributed by atoms with E-state index < -0.39 is 0 Å². The zero-order valence-corrected chi connectivity index (χ0v) is 11.6. The number of carbonyl (C=O) groups excluding carboxylic acids is 1. The molecule has 0 aliphatic rings. The molecule has 1 amide bonds. The molecule has 1 aromatic carbocycles. The van der Waals surface area contributed by atoms with Crippen LogP contribution in [-0.4, -0.2) is 23.0 Å². The summed E-state index contributed by atoms with van der Waals surface area (Å²) in [5.74, 6) is 0.222. The van der Waals surface area contributed by atoms with Crippen molar-refractivity contribution in [3.63, 3.8) is 0 Å². The van der Waals surface area contributed by atoms with Crippen molar-refractivity contribution in [3.05, 3.63) is 35.4 Å². The van der Waals surface area contributed by atoms with Gasteiger partial charge in [-0.25, -0.2) is 0 Å². The van der Waals surface area contributed by atoms with Crippen LogP contribution in [0.5, 0.6) is 0 Å². The van der Waals surface area contributed by atoms with Gasteiger partial charge in [0, 0.05) is 17.2 Å². The lowest BCUT2D eigenvalue weighted by Gasteiger charge is -2.20. The van der Waals surface area contributed by atoms with Gasteiger partial charge in [-0.2, -0.15) is 0 Å². The molecule has 0 bridgehead atoms. The van der Waals surface area contributed by atoms with E-state index in [2.05, 4.69) is 24.3 Å². The number of amides is 1. The average molecular weight is 263 g/mol. The molecular weight excluding hydrogens is 242 g/mol. The molecule has 0 radical (unpaired) electrons. The van der Waals surface area contributed by atoms with Crippen LogP contribution in [0.4, 0.5) is 0 Å². The standard InChI is InChI=1S/C14H21N3O2/c1-4-12(9(2)3)16-14(18)11-7-5-6-10(8-11)13(15)17-19/h5-9,12,19H,4H2,1-3H3,(H2,15,17)(H,16,18). The highest BCUT2D eigenvalue weighted by Crippen LogP contribution is 2.09. The van der Waals surface area contributed by atoms with E-state index in [9.17, 15) is 4.79 Å². The fourth-order valence-corrected chi connectivity index (χ4v) is 1.87. The summed E-state index contributed by atoms with van der Waals surface area (Å²) in [5, 5.41) is 14.5. The van der Waals surface area contributed by atoms with E-state index in [0.29, 0.717) is 17.0 Å². The predicted molar refractivity (Wildman–Crippen MR) is 75.3 cm³/mol. The monoisotopic (exact) mass is 263 g/mol. The number of hydrogen-bond acceptors (Lipinski definition) is 3. The van der Waals surface area contributed by atoms with Crippen LogP contribution in [0.25, 0.3) is 0 Å². The van der Waals surface area contributed by atoms with Crippen LogP contribution >= 0.6 is 0 Å². The molecule has 0 saturated carbocycles. The smallest absolute Gasteiger partial charge is 0.251 e. The first kappa shape index (κ1) is 15.0. The second-order valence-corrected chi connectivity index (χ2v) is 4.80. The van der Waals surface area contributed by atoms with Crippen LogP contribution in [-0.2, 0) is 0 Å². The number of nitrogens with two attached hydrogens (primary N) is 1. The molecular formula is C14H21N3O2. The summed E-state index contributed by atoms with van der Waals surface area (Å²) in [6, 6.07) is 6.85. The number of amidine groups is 1. The van der Waals surface area contributed by atoms with Crippen molar-refractivity contribution in [2.75, 3.05) is 0 Å². The van der Waals surface area contributed by atoms with Gasteiger partial charge in [0.2, 0.25) is 0 Å². The van der Waals surface area contributed by atoms with Crippen molar-refractivity contribution in [2.45, 2.75) is 33.2 Å². The van der Waals surface area contributed by atoms with Crippen LogP contribution in [0.3, 0.4) is 0 Å². The first-order chi connectivity index (χ1) is 8.99. The molecule has 19 heavy (non-hydrogen) atoms. The lowest BCUT2D eigenvalue weighted by Crippen LogP contribution is -2.38. The van der Waals surface area contributed by atoms with Crippen molar-refractivity contribution < 1.29 is 10.0 Å². The Morgan fingerprint density at radius 1 is 1.42 bits per heavy atom. The molecule has 104 valence electrons. The minimum absolute atomic E-state index is 0.00875. The van der Waals surface area contributed by atoms with Gasteiger partial charge in [0.05, 0.1) is 0 Å². The summed E-state index contributed by atoms with van der Waals surface area (Å²) < 4.78 is 0. The van der Waals surface area contributed by atoms with Gasteiger partial charge in [-0.1, -0.05) is 38.1 Å². The van der Waals surface area contributed by atoms with Crippen LogP contribution in [0.2, 0.25) is 0 Å². The van der Waals surface area contributed by atoms with Gasteiger partial charge in [-0.3, -0.25) is 4.79 Å². The molecule has 1 rings (SSSR count). The summed E-state index contributed by atoms with van der Waals surface area (Å²) in [5.41, 5.74) is 6.53. The number of nitrogens with one attached hydrogen (secondary N) is 1. The Hall–Kier alpha value is -2.04. The Balaban J connectivity index is 2.88. The normalized spacial score (nSPS) is 13.4. The number of hydrogen-bond donors (Lipinski definition) is 3. The highest BCUT2D eigenvalue weighted by molar-refractivity contribution is 6.01. The number of benzene rings is 1. The molecule has 5 heteroatoms. The van der Waals surface area contributed by atoms with E-state index in [1.165, 1.54) is 0 Å². The Morgan fingerprint density at radius 2 is 2.05 bits per heavy atom. The Labute approximate surface area is 113 Å². The molecule has 4 N–H and O–H groups in total. The van der Waals surface area contributed by atoms with E-state index in [4.69, 9.17) is 10.9 Å². The van der Waals surface area contributed by atoms with Gasteiger partial charge in [0.1, 0.15) is 0 Å². The highest BCUT2D eigenvalue weighted by Gasteiger charge is 2.15. The molecule has 0 aliphatic heterocycles. The minimum Gasteiger partial charge on any atom is -0.409 e. The number of rotatable bonds is 5. The fraction of sp³-hybridized carbons (Fsp3) is 0.429. The SMILES string of the molecule is CCC(NC(=O)c1cccc(C(N)=NO)c1)C(C)C. The van der Waals surface area contributed by atoms with E-state index in [1.807, 2.05) is 6.92 Å². The first-order valence-corrected chi connectivity index (χ1v) is 6.38. The molecule has 1 atom stereocenters. The molecule has 0 fully saturated rings. The Kier molecular flexibility index (Phi) is 5.36. The molecule has 0 saturated heterocycles. The number of carbonyl (C=O) groups is 1. The van der Waals surface area contributed by atoms with Gasteiger partial charge in [-0.15, -0.1) is 0 Å². The Bertz CT molecular complexity index is 470. The largest absolute Gasteiger partial charge is 0.409 e. The van der Waals surface area contributed by atoms with E-state index in [0.717, 1.165) is 6.42 Å². The molecule has 1 unspecified atom stereocenters. The first-order valence-electron chi connectivity index (χ1n) is 6.38. The van der Waals surface area contributed by atoms with Crippen LogP contribution in [0.1, 0.15) is 43.1 Å². The zero-order valence-electron chi connectivity index (χ0n) is 11.6. The third-order valence-electron chi connectivity index (χ3n) is 3.09. The fourth-order valence-electron chi connectivity index (χ4n) is 1.87. The summed E-state index contributed by atoms with van der Waals surface area (Å²) in [7, 11) is 0. The second-order valence-electron chi connectivity index (χ2n) is 4.80. The summed E-state index contributed by atoms with van der Waals surface area (Å²) in [6.07, 6.45) is 0.878. The maximum absolute atomic E-state index is 12.1. The van der Waals surface area contributed by atoms with Crippen molar-refractivity contribution in [3.8, 4) is 0 Å². The molecule has 5 nitrogen and oxygen atoms in total. The molecule has 1 aromatic rings. The van der Waals surface area contributed by atoms with Crippen molar-refractivity contribution in [2.24, 2.45) is 16.8 Å². The third kappa shape index (κ3) is 3.98. The van der Waals surface area contributed by atoms with Crippen LogP contribution < -0.4 is 11.1 Å². The molecule has 0 aromatic heterocycles. The van der Waals surface area contributed by atoms with Gasteiger partial charge < -0.3 is 16.3 Å². The third-order valence-corrected chi connectivity index (χ3v) is 3.09. The topological polar surface area (TPSA) is 87.7 Å². The summed E-state index contributed by atoms with van der Waals surface area (Å²) in [4.78, 5) is 12.1. The predicted octanol–water partition coefficient (Wildman–Crippen LogP) is 1.95. The quantitative estimate of drug-likeness (QED) is 0.328. The molecule has 0 aliphatic carbocycles.